The lowest BCUT2D eigenvalue weighted by atomic mass is 10.1. The number of aliphatic hydroxyl groups is 1. The first kappa shape index (κ1) is 34.8. The van der Waals surface area contributed by atoms with Gasteiger partial charge in [0.1, 0.15) is 17.3 Å². The molecule has 2 N–H and O–H groups in total. The predicted octanol–water partition coefficient (Wildman–Crippen LogP) is 7.21. The summed E-state index contributed by atoms with van der Waals surface area (Å²) < 4.78 is 24.7. The molecule has 0 saturated carbocycles. The molecular formula is C38H41FN2O6. The van der Waals surface area contributed by atoms with Crippen LogP contribution in [0.25, 0.3) is 0 Å². The standard InChI is InChI=1S/C38H41FN2O6/c1-2-3-4-5-6-24-46-34-20-14-31(15-21-34)38(45)47-35-18-10-28(11-19-35)27-41(22-23-42)37(44)30-12-16-33(17-13-30)40-36(43)26-29-8-7-9-32(39)25-29/h7-21,25,42H,2-6,22-24,26-27H2,1H3,(H,40,43). The number of halogens is 1. The fourth-order valence-electron chi connectivity index (χ4n) is 4.92. The molecule has 4 aromatic rings. The molecule has 0 atom stereocenters. The maximum absolute atomic E-state index is 13.4. The number of carbonyl (C=O) groups is 3. The molecule has 2 amide bonds. The average Bonchev–Trinajstić information content (AvgIpc) is 3.07. The van der Waals surface area contributed by atoms with Crippen molar-refractivity contribution in [2.24, 2.45) is 0 Å². The van der Waals surface area contributed by atoms with E-state index in [1.165, 1.54) is 36.3 Å². The highest BCUT2D eigenvalue weighted by Crippen LogP contribution is 2.19. The molecule has 0 fully saturated rings. The molecule has 0 radical (unpaired) electrons. The van der Waals surface area contributed by atoms with E-state index in [9.17, 15) is 23.9 Å². The first-order valence-electron chi connectivity index (χ1n) is 15.9. The number of benzene rings is 4. The largest absolute Gasteiger partial charge is 0.494 e. The second kappa shape index (κ2) is 18.2. The Kier molecular flexibility index (Phi) is 13.5. The first-order valence-corrected chi connectivity index (χ1v) is 15.9. The van der Waals surface area contributed by atoms with Gasteiger partial charge in [-0.25, -0.2) is 9.18 Å². The Balaban J connectivity index is 1.27. The maximum atomic E-state index is 13.4. The molecular weight excluding hydrogens is 599 g/mol. The number of rotatable bonds is 17. The van der Waals surface area contributed by atoms with Crippen molar-refractivity contribution in [1.29, 1.82) is 0 Å². The van der Waals surface area contributed by atoms with Crippen LogP contribution in [-0.4, -0.2) is 47.5 Å². The number of amides is 2. The lowest BCUT2D eigenvalue weighted by Gasteiger charge is -2.22. The third-order valence-electron chi connectivity index (χ3n) is 7.44. The molecule has 0 heterocycles. The topological polar surface area (TPSA) is 105 Å². The van der Waals surface area contributed by atoms with Gasteiger partial charge >= 0.3 is 5.97 Å². The van der Waals surface area contributed by atoms with E-state index in [2.05, 4.69) is 12.2 Å². The van der Waals surface area contributed by atoms with Gasteiger partial charge in [0.25, 0.3) is 5.91 Å². The van der Waals surface area contributed by atoms with Gasteiger partial charge in [-0.05, 0) is 90.3 Å². The van der Waals surface area contributed by atoms with Crippen molar-refractivity contribution in [3.05, 3.63) is 125 Å². The van der Waals surface area contributed by atoms with Crippen LogP contribution in [-0.2, 0) is 17.8 Å². The van der Waals surface area contributed by atoms with Gasteiger partial charge in [0.05, 0.1) is 25.2 Å². The van der Waals surface area contributed by atoms with Crippen LogP contribution in [0.5, 0.6) is 11.5 Å². The van der Waals surface area contributed by atoms with E-state index >= 15 is 0 Å². The highest BCUT2D eigenvalue weighted by Gasteiger charge is 2.17. The lowest BCUT2D eigenvalue weighted by molar-refractivity contribution is -0.115. The first-order chi connectivity index (χ1) is 22.8. The molecule has 0 spiro atoms. The number of carbonyl (C=O) groups excluding carboxylic acids is 3. The maximum Gasteiger partial charge on any atom is 0.343 e. The van der Waals surface area contributed by atoms with Crippen molar-refractivity contribution in [1.82, 2.24) is 4.90 Å². The summed E-state index contributed by atoms with van der Waals surface area (Å²) in [5, 5.41) is 12.4. The van der Waals surface area contributed by atoms with Crippen LogP contribution in [0.3, 0.4) is 0 Å². The quantitative estimate of drug-likeness (QED) is 0.0718. The minimum absolute atomic E-state index is 0.0165. The van der Waals surface area contributed by atoms with E-state index in [4.69, 9.17) is 9.47 Å². The number of unbranched alkanes of at least 4 members (excludes halogenated alkanes) is 4. The van der Waals surface area contributed by atoms with Gasteiger partial charge in [0.15, 0.2) is 0 Å². The number of esters is 1. The number of anilines is 1. The van der Waals surface area contributed by atoms with Gasteiger partial charge in [0.2, 0.25) is 5.91 Å². The van der Waals surface area contributed by atoms with Gasteiger partial charge in [-0.15, -0.1) is 0 Å². The fourth-order valence-corrected chi connectivity index (χ4v) is 4.92. The SMILES string of the molecule is CCCCCCCOc1ccc(C(=O)Oc2ccc(CN(CCO)C(=O)c3ccc(NC(=O)Cc4cccc(F)c4)cc3)cc2)cc1. The highest BCUT2D eigenvalue weighted by molar-refractivity contribution is 5.96. The van der Waals surface area contributed by atoms with Gasteiger partial charge in [-0.3, -0.25) is 9.59 Å². The van der Waals surface area contributed by atoms with Crippen LogP contribution < -0.4 is 14.8 Å². The molecule has 0 saturated heterocycles. The van der Waals surface area contributed by atoms with E-state index in [-0.39, 0.29) is 37.9 Å². The second-order valence-electron chi connectivity index (χ2n) is 11.2. The lowest BCUT2D eigenvalue weighted by Crippen LogP contribution is -2.33. The zero-order valence-corrected chi connectivity index (χ0v) is 26.6. The van der Waals surface area contributed by atoms with Crippen LogP contribution in [0.1, 0.15) is 70.9 Å². The van der Waals surface area contributed by atoms with E-state index in [0.29, 0.717) is 40.5 Å². The molecule has 4 rings (SSSR count). The molecule has 4 aromatic carbocycles. The summed E-state index contributed by atoms with van der Waals surface area (Å²) >= 11 is 0. The van der Waals surface area contributed by atoms with Gasteiger partial charge in [0, 0.05) is 24.3 Å². The summed E-state index contributed by atoms with van der Waals surface area (Å²) in [5.74, 6) is -0.427. The Morgan fingerprint density at radius 1 is 0.787 bits per heavy atom. The number of hydrogen-bond donors (Lipinski definition) is 2. The van der Waals surface area contributed by atoms with Crippen LogP contribution in [0.2, 0.25) is 0 Å². The third-order valence-corrected chi connectivity index (χ3v) is 7.44. The van der Waals surface area contributed by atoms with Crippen molar-refractivity contribution in [2.45, 2.75) is 52.0 Å². The number of hydrogen-bond acceptors (Lipinski definition) is 6. The number of nitrogens with zero attached hydrogens (tertiary/aromatic N) is 1. The smallest absolute Gasteiger partial charge is 0.343 e. The minimum Gasteiger partial charge on any atom is -0.494 e. The predicted molar refractivity (Wildman–Crippen MR) is 179 cm³/mol. The number of aliphatic hydroxyl groups excluding tert-OH is 1. The molecule has 0 unspecified atom stereocenters. The second-order valence-corrected chi connectivity index (χ2v) is 11.2. The van der Waals surface area contributed by atoms with E-state index < -0.39 is 11.8 Å². The molecule has 47 heavy (non-hydrogen) atoms. The van der Waals surface area contributed by atoms with Crippen molar-refractivity contribution < 1.29 is 33.4 Å². The van der Waals surface area contributed by atoms with Crippen molar-refractivity contribution in [3.8, 4) is 11.5 Å². The summed E-state index contributed by atoms with van der Waals surface area (Å²) in [6, 6.07) is 26.0. The number of ether oxygens (including phenoxy) is 2. The Labute approximate surface area is 275 Å². The molecule has 0 aromatic heterocycles. The van der Waals surface area contributed by atoms with E-state index in [1.807, 2.05) is 0 Å². The van der Waals surface area contributed by atoms with Gasteiger partial charge in [-0.1, -0.05) is 56.9 Å². The van der Waals surface area contributed by atoms with Crippen molar-refractivity contribution in [2.75, 3.05) is 25.1 Å². The van der Waals surface area contributed by atoms with E-state index in [0.717, 1.165) is 18.4 Å². The Bertz CT molecular complexity index is 1590. The van der Waals surface area contributed by atoms with Gasteiger partial charge < -0.3 is 24.8 Å². The number of nitrogens with one attached hydrogen (secondary N) is 1. The monoisotopic (exact) mass is 640 g/mol. The van der Waals surface area contributed by atoms with Crippen molar-refractivity contribution >= 4 is 23.5 Å². The Morgan fingerprint density at radius 3 is 2.15 bits per heavy atom. The normalized spacial score (nSPS) is 10.7. The zero-order valence-electron chi connectivity index (χ0n) is 26.6. The minimum atomic E-state index is -0.491. The summed E-state index contributed by atoms with van der Waals surface area (Å²) in [6.45, 7) is 2.94. The molecule has 0 aliphatic carbocycles. The Hall–Kier alpha value is -5.02. The summed E-state index contributed by atoms with van der Waals surface area (Å²) in [5.41, 5.74) is 2.62. The average molecular weight is 641 g/mol. The molecule has 246 valence electrons. The summed E-state index contributed by atoms with van der Waals surface area (Å²) in [7, 11) is 0. The highest BCUT2D eigenvalue weighted by atomic mass is 19.1. The van der Waals surface area contributed by atoms with Crippen molar-refractivity contribution in [3.63, 3.8) is 0 Å². The molecule has 0 bridgehead atoms. The van der Waals surface area contributed by atoms with E-state index in [1.54, 1.807) is 84.9 Å². The molecule has 8 nitrogen and oxygen atoms in total. The van der Waals surface area contributed by atoms with Crippen LogP contribution in [0, 0.1) is 5.82 Å². The summed E-state index contributed by atoms with van der Waals surface area (Å²) in [4.78, 5) is 39.8. The van der Waals surface area contributed by atoms with Crippen LogP contribution in [0.15, 0.2) is 97.1 Å². The molecule has 0 aliphatic heterocycles. The zero-order chi connectivity index (χ0) is 33.4. The van der Waals surface area contributed by atoms with Crippen LogP contribution >= 0.6 is 0 Å². The summed E-state index contributed by atoms with van der Waals surface area (Å²) in [6.07, 6.45) is 5.82. The molecule has 0 aliphatic rings. The molecule has 9 heteroatoms. The third kappa shape index (κ3) is 11.4. The Morgan fingerprint density at radius 2 is 1.47 bits per heavy atom. The van der Waals surface area contributed by atoms with Crippen LogP contribution in [0.4, 0.5) is 10.1 Å². The fraction of sp³-hybridized carbons (Fsp3) is 0.289. The van der Waals surface area contributed by atoms with Gasteiger partial charge in [-0.2, -0.15) is 0 Å².